The van der Waals surface area contributed by atoms with Crippen LogP contribution in [0.15, 0.2) is 45.3 Å². The molecular formula is C31H40Br2N4O6. The fraction of sp³-hybridized carbons (Fsp3) is 0.484. The first-order chi connectivity index (χ1) is 19.9. The van der Waals surface area contributed by atoms with Gasteiger partial charge in [-0.3, -0.25) is 9.59 Å². The number of aryl methyl sites for hydroxylation is 2. The minimum atomic E-state index is -0.592. The van der Waals surface area contributed by atoms with Gasteiger partial charge in [-0.05, 0) is 115 Å². The number of ether oxygens (including phenoxy) is 2. The van der Waals surface area contributed by atoms with Crippen molar-refractivity contribution in [3.8, 4) is 0 Å². The molecule has 2 aliphatic heterocycles. The number of nitrogens with zero attached hydrogens (tertiary/aromatic N) is 1. The summed E-state index contributed by atoms with van der Waals surface area (Å²) in [6.45, 7) is 10.7. The van der Waals surface area contributed by atoms with Crippen molar-refractivity contribution in [3.63, 3.8) is 0 Å². The van der Waals surface area contributed by atoms with Gasteiger partial charge in [0.25, 0.3) is 0 Å². The average molecular weight is 724 g/mol. The highest BCUT2D eigenvalue weighted by Gasteiger charge is 2.31. The smallest absolute Gasteiger partial charge is 0.408 e. The van der Waals surface area contributed by atoms with E-state index in [9.17, 15) is 19.2 Å². The van der Waals surface area contributed by atoms with Crippen LogP contribution in [0.4, 0.5) is 21.0 Å². The summed E-state index contributed by atoms with van der Waals surface area (Å²) in [6.07, 6.45) is 1.36. The van der Waals surface area contributed by atoms with Crippen LogP contribution >= 0.6 is 31.9 Å². The highest BCUT2D eigenvalue weighted by Crippen LogP contribution is 2.29. The van der Waals surface area contributed by atoms with E-state index in [1.54, 1.807) is 53.5 Å². The maximum Gasteiger partial charge on any atom is 0.408 e. The van der Waals surface area contributed by atoms with E-state index in [1.807, 2.05) is 36.4 Å². The third-order valence-electron chi connectivity index (χ3n) is 6.46. The van der Waals surface area contributed by atoms with E-state index in [2.05, 4.69) is 47.8 Å². The van der Waals surface area contributed by atoms with E-state index in [0.29, 0.717) is 25.7 Å². The van der Waals surface area contributed by atoms with Crippen molar-refractivity contribution in [1.82, 2.24) is 10.6 Å². The Labute approximate surface area is 269 Å². The Kier molecular flexibility index (Phi) is 11.3. The second-order valence-corrected chi connectivity index (χ2v) is 14.3. The van der Waals surface area contributed by atoms with Gasteiger partial charge in [0, 0.05) is 27.4 Å². The molecule has 2 unspecified atom stereocenters. The van der Waals surface area contributed by atoms with Gasteiger partial charge >= 0.3 is 12.2 Å². The van der Waals surface area contributed by atoms with E-state index in [0.717, 1.165) is 31.4 Å². The molecule has 2 aromatic carbocycles. The number of anilines is 2. The normalized spacial score (nSPS) is 18.4. The molecule has 0 aliphatic carbocycles. The maximum absolute atomic E-state index is 12.5. The third-order valence-corrected chi connectivity index (χ3v) is 7.45. The quantitative estimate of drug-likeness (QED) is 0.326. The Morgan fingerprint density at radius 1 is 0.814 bits per heavy atom. The van der Waals surface area contributed by atoms with Gasteiger partial charge in [-0.25, -0.2) is 9.59 Å². The Morgan fingerprint density at radius 2 is 1.30 bits per heavy atom. The summed E-state index contributed by atoms with van der Waals surface area (Å²) in [7, 11) is 1.73. The fourth-order valence-corrected chi connectivity index (χ4v) is 5.39. The summed E-state index contributed by atoms with van der Waals surface area (Å²) in [5.41, 5.74) is 2.62. The predicted octanol–water partition coefficient (Wildman–Crippen LogP) is 6.48. The SMILES string of the molecule is CC(C)(C)OC(=O)NC1CCc2cc(Br)ccc2NC1=O.CN1C(=O)C(NC(=O)OC(C)(C)C)CCc2cc(Br)ccc21. The predicted molar refractivity (Wildman–Crippen MR) is 173 cm³/mol. The molecule has 2 atom stereocenters. The summed E-state index contributed by atoms with van der Waals surface area (Å²) in [5.74, 6) is -0.353. The zero-order valence-corrected chi connectivity index (χ0v) is 28.8. The van der Waals surface area contributed by atoms with Crippen molar-refractivity contribution in [3.05, 3.63) is 56.5 Å². The molecule has 0 bridgehead atoms. The molecule has 2 aliphatic rings. The number of nitrogens with one attached hydrogen (secondary N) is 3. The number of rotatable bonds is 2. The van der Waals surface area contributed by atoms with Crippen LogP contribution in [0.3, 0.4) is 0 Å². The van der Waals surface area contributed by atoms with E-state index in [4.69, 9.17) is 9.47 Å². The average Bonchev–Trinajstić information content (AvgIpc) is 3.08. The Balaban J connectivity index is 0.000000236. The summed E-state index contributed by atoms with van der Waals surface area (Å²) < 4.78 is 12.4. The molecule has 0 radical (unpaired) electrons. The lowest BCUT2D eigenvalue weighted by Crippen LogP contribution is -2.48. The fourth-order valence-electron chi connectivity index (χ4n) is 4.57. The monoisotopic (exact) mass is 722 g/mol. The molecule has 234 valence electrons. The zero-order valence-electron chi connectivity index (χ0n) is 25.6. The lowest BCUT2D eigenvalue weighted by Gasteiger charge is -2.24. The lowest BCUT2D eigenvalue weighted by atomic mass is 10.1. The number of carbonyl (C=O) groups excluding carboxylic acids is 4. The van der Waals surface area contributed by atoms with Crippen molar-refractivity contribution in [2.24, 2.45) is 0 Å². The molecule has 43 heavy (non-hydrogen) atoms. The molecule has 4 rings (SSSR count). The van der Waals surface area contributed by atoms with Crippen LogP contribution in [-0.4, -0.2) is 54.3 Å². The van der Waals surface area contributed by atoms with Gasteiger partial charge in [0.1, 0.15) is 23.3 Å². The molecule has 0 fully saturated rings. The second-order valence-electron chi connectivity index (χ2n) is 12.4. The number of halogens is 2. The van der Waals surface area contributed by atoms with Crippen LogP contribution in [0.5, 0.6) is 0 Å². The number of alkyl carbamates (subject to hydrolysis) is 2. The first-order valence-corrected chi connectivity index (χ1v) is 15.6. The van der Waals surface area contributed by atoms with Gasteiger partial charge in [0.05, 0.1) is 0 Å². The molecule has 0 aromatic heterocycles. The van der Waals surface area contributed by atoms with Crippen LogP contribution in [-0.2, 0) is 31.9 Å². The van der Waals surface area contributed by atoms with Gasteiger partial charge in [-0.2, -0.15) is 0 Å². The Hall–Kier alpha value is -3.12. The number of amides is 4. The van der Waals surface area contributed by atoms with Crippen molar-refractivity contribution in [2.75, 3.05) is 17.3 Å². The summed E-state index contributed by atoms with van der Waals surface area (Å²) in [5, 5.41) is 8.15. The van der Waals surface area contributed by atoms with Crippen molar-refractivity contribution in [2.45, 2.75) is 90.5 Å². The number of carbonyl (C=O) groups is 4. The van der Waals surface area contributed by atoms with Gasteiger partial charge in [-0.15, -0.1) is 0 Å². The minimum Gasteiger partial charge on any atom is -0.444 e. The number of hydrogen-bond donors (Lipinski definition) is 3. The zero-order chi connectivity index (χ0) is 32.1. The van der Waals surface area contributed by atoms with Gasteiger partial charge in [0.15, 0.2) is 0 Å². The standard InChI is InChI=1S/C16H21BrN2O3.C15H19BrN2O3/c1-16(2,3)22-15(21)18-12-7-5-10-9-11(17)6-8-13(10)19(4)14(12)20;1-15(2,3)21-14(20)18-12-6-4-9-8-10(16)5-7-11(9)17-13(12)19/h6,8-9,12H,5,7H2,1-4H3,(H,18,21);5,7-8,12H,4,6H2,1-3H3,(H,17,19)(H,18,20). The lowest BCUT2D eigenvalue weighted by molar-refractivity contribution is -0.120. The van der Waals surface area contributed by atoms with Gasteiger partial charge in [0.2, 0.25) is 11.8 Å². The van der Waals surface area contributed by atoms with Crippen molar-refractivity contribution >= 4 is 67.2 Å². The molecule has 0 saturated heterocycles. The first-order valence-electron chi connectivity index (χ1n) is 14.1. The molecule has 2 aromatic rings. The van der Waals surface area contributed by atoms with Crippen LogP contribution in [0.25, 0.3) is 0 Å². The maximum atomic E-state index is 12.5. The van der Waals surface area contributed by atoms with Crippen LogP contribution in [0.1, 0.15) is 65.5 Å². The highest BCUT2D eigenvalue weighted by atomic mass is 79.9. The van der Waals surface area contributed by atoms with Crippen molar-refractivity contribution in [1.29, 1.82) is 0 Å². The minimum absolute atomic E-state index is 0.132. The third kappa shape index (κ3) is 10.5. The molecule has 12 heteroatoms. The van der Waals surface area contributed by atoms with E-state index in [-0.39, 0.29) is 11.8 Å². The molecule has 0 saturated carbocycles. The van der Waals surface area contributed by atoms with Crippen LogP contribution in [0, 0.1) is 0 Å². The van der Waals surface area contributed by atoms with Gasteiger partial charge in [-0.1, -0.05) is 31.9 Å². The molecule has 0 spiro atoms. The molecule has 10 nitrogen and oxygen atoms in total. The molecule has 2 heterocycles. The topological polar surface area (TPSA) is 126 Å². The molecule has 3 N–H and O–H groups in total. The summed E-state index contributed by atoms with van der Waals surface area (Å²) in [4.78, 5) is 50.0. The second kappa shape index (κ2) is 14.1. The van der Waals surface area contributed by atoms with Crippen LogP contribution < -0.4 is 20.9 Å². The Morgan fingerprint density at radius 3 is 1.88 bits per heavy atom. The van der Waals surface area contributed by atoms with Gasteiger partial charge < -0.3 is 30.3 Å². The number of benzene rings is 2. The molecule has 4 amide bonds. The van der Waals surface area contributed by atoms with Crippen molar-refractivity contribution < 1.29 is 28.7 Å². The van der Waals surface area contributed by atoms with E-state index in [1.165, 1.54) is 0 Å². The molecular weight excluding hydrogens is 684 g/mol. The summed E-state index contributed by atoms with van der Waals surface area (Å²) >= 11 is 6.86. The number of fused-ring (bicyclic) bond motifs is 2. The largest absolute Gasteiger partial charge is 0.444 e. The Bertz CT molecular complexity index is 1370. The number of likely N-dealkylation sites (N-methyl/N-ethyl adjacent to an activating group) is 1. The highest BCUT2D eigenvalue weighted by molar-refractivity contribution is 9.10. The van der Waals surface area contributed by atoms with E-state index >= 15 is 0 Å². The van der Waals surface area contributed by atoms with E-state index < -0.39 is 35.5 Å². The first kappa shape index (κ1) is 34.4. The number of hydrogen-bond acceptors (Lipinski definition) is 6. The van der Waals surface area contributed by atoms with Crippen LogP contribution in [0.2, 0.25) is 0 Å². The summed E-state index contributed by atoms with van der Waals surface area (Å²) in [6, 6.07) is 10.4.